The summed E-state index contributed by atoms with van der Waals surface area (Å²) in [5, 5.41) is 0. The zero-order valence-electron chi connectivity index (χ0n) is 18.1. The number of carbonyl (C=O) groups excluding carboxylic acids is 2. The molecule has 31 heavy (non-hydrogen) atoms. The van der Waals surface area contributed by atoms with Crippen LogP contribution < -0.4 is 9.47 Å². The highest BCUT2D eigenvalue weighted by Gasteiger charge is 2.32. The van der Waals surface area contributed by atoms with Crippen LogP contribution >= 0.6 is 39.9 Å². The molecule has 0 bridgehead atoms. The first-order valence-corrected chi connectivity index (χ1v) is 12.3. The van der Waals surface area contributed by atoms with E-state index >= 15 is 0 Å². The normalized spacial score (nSPS) is 15.0. The molecule has 1 amide bonds. The van der Waals surface area contributed by atoms with Crippen LogP contribution in [-0.2, 0) is 14.3 Å². The standard InChI is InChI=1S/C22H28BrNO5S2/c1-4-6-7-8-11-29-20-16(23)12-15(13-17(20)27-3)14-18-21(26)24(22(30)31-18)10-9-19(25)28-5-2/h12-14H,4-11H2,1-3H3/b18-14-. The minimum absolute atomic E-state index is 0.108. The lowest BCUT2D eigenvalue weighted by Gasteiger charge is -2.14. The van der Waals surface area contributed by atoms with Gasteiger partial charge in [0.1, 0.15) is 4.32 Å². The summed E-state index contributed by atoms with van der Waals surface area (Å²) in [6.45, 7) is 5.06. The van der Waals surface area contributed by atoms with Crippen LogP contribution in [0.1, 0.15) is 51.5 Å². The molecule has 2 rings (SSSR count). The maximum absolute atomic E-state index is 12.8. The molecular formula is C22H28BrNO5S2. The Labute approximate surface area is 201 Å². The summed E-state index contributed by atoms with van der Waals surface area (Å²) in [4.78, 5) is 26.3. The number of thiocarbonyl (C=S) groups is 1. The van der Waals surface area contributed by atoms with Crippen molar-refractivity contribution in [2.24, 2.45) is 0 Å². The van der Waals surface area contributed by atoms with Gasteiger partial charge in [-0.05, 0) is 53.0 Å². The molecule has 1 aliphatic rings. The highest BCUT2D eigenvalue weighted by molar-refractivity contribution is 9.10. The maximum atomic E-state index is 12.8. The van der Waals surface area contributed by atoms with E-state index in [4.69, 9.17) is 26.4 Å². The Bertz CT molecular complexity index is 843. The molecule has 0 aromatic heterocycles. The highest BCUT2D eigenvalue weighted by atomic mass is 79.9. The number of hydrogen-bond donors (Lipinski definition) is 0. The fourth-order valence-electron chi connectivity index (χ4n) is 2.95. The molecule has 1 heterocycles. The van der Waals surface area contributed by atoms with E-state index in [2.05, 4.69) is 22.9 Å². The van der Waals surface area contributed by atoms with Crippen LogP contribution in [0.4, 0.5) is 0 Å². The second kappa shape index (κ2) is 13.1. The summed E-state index contributed by atoms with van der Waals surface area (Å²) < 4.78 is 17.5. The van der Waals surface area contributed by atoms with Gasteiger partial charge in [-0.25, -0.2) is 0 Å². The topological polar surface area (TPSA) is 65.1 Å². The van der Waals surface area contributed by atoms with Crippen LogP contribution in [0.25, 0.3) is 6.08 Å². The third kappa shape index (κ3) is 7.50. The quantitative estimate of drug-likeness (QED) is 0.152. The molecule has 0 aliphatic carbocycles. The van der Waals surface area contributed by atoms with Crippen molar-refractivity contribution in [2.45, 2.75) is 46.0 Å². The number of thioether (sulfide) groups is 1. The van der Waals surface area contributed by atoms with E-state index in [0.717, 1.165) is 22.9 Å². The molecule has 1 fully saturated rings. The van der Waals surface area contributed by atoms with Gasteiger partial charge in [0.2, 0.25) is 0 Å². The largest absolute Gasteiger partial charge is 0.493 e. The highest BCUT2D eigenvalue weighted by Crippen LogP contribution is 2.39. The predicted octanol–water partition coefficient (Wildman–Crippen LogP) is 5.57. The smallest absolute Gasteiger partial charge is 0.307 e. The van der Waals surface area contributed by atoms with Crippen LogP contribution in [0.5, 0.6) is 11.5 Å². The number of methoxy groups -OCH3 is 1. The second-order valence-corrected chi connectivity index (χ2v) is 9.36. The average Bonchev–Trinajstić information content (AvgIpc) is 3.00. The Kier molecular flexibility index (Phi) is 10.8. The lowest BCUT2D eigenvalue weighted by Crippen LogP contribution is -2.30. The number of hydrogen-bond acceptors (Lipinski definition) is 7. The van der Waals surface area contributed by atoms with Gasteiger partial charge in [-0.15, -0.1) is 0 Å². The lowest BCUT2D eigenvalue weighted by atomic mass is 10.1. The molecule has 0 unspecified atom stereocenters. The SMILES string of the molecule is CCCCCCOc1c(Br)cc(/C=C2\SC(=S)N(CCC(=O)OCC)C2=O)cc1OC. The molecule has 0 atom stereocenters. The van der Waals surface area contributed by atoms with E-state index in [1.54, 1.807) is 20.1 Å². The van der Waals surface area contributed by atoms with Gasteiger partial charge in [-0.1, -0.05) is 50.2 Å². The molecule has 170 valence electrons. The fraction of sp³-hybridized carbons (Fsp3) is 0.500. The molecule has 1 saturated heterocycles. The first kappa shape index (κ1) is 25.7. The Morgan fingerprint density at radius 2 is 2.03 bits per heavy atom. The van der Waals surface area contributed by atoms with E-state index in [-0.39, 0.29) is 24.8 Å². The van der Waals surface area contributed by atoms with Crippen LogP contribution in [0.2, 0.25) is 0 Å². The summed E-state index contributed by atoms with van der Waals surface area (Å²) in [5.74, 6) is 0.678. The number of ether oxygens (including phenoxy) is 3. The molecule has 1 aromatic rings. The third-order valence-electron chi connectivity index (χ3n) is 4.51. The molecule has 1 aliphatic heterocycles. The van der Waals surface area contributed by atoms with Crippen molar-refractivity contribution >= 4 is 62.2 Å². The number of carbonyl (C=O) groups is 2. The average molecular weight is 531 g/mol. The first-order chi connectivity index (χ1) is 14.9. The third-order valence-corrected chi connectivity index (χ3v) is 6.48. The zero-order valence-corrected chi connectivity index (χ0v) is 21.3. The van der Waals surface area contributed by atoms with Crippen LogP contribution in [0, 0.1) is 0 Å². The Morgan fingerprint density at radius 1 is 1.26 bits per heavy atom. The van der Waals surface area contributed by atoms with E-state index in [1.807, 2.05) is 12.1 Å². The summed E-state index contributed by atoms with van der Waals surface area (Å²) >= 11 is 10.1. The summed E-state index contributed by atoms with van der Waals surface area (Å²) in [6.07, 6.45) is 6.36. The molecule has 6 nitrogen and oxygen atoms in total. The van der Waals surface area contributed by atoms with Gasteiger partial charge in [0, 0.05) is 6.54 Å². The zero-order chi connectivity index (χ0) is 22.8. The van der Waals surface area contributed by atoms with Gasteiger partial charge in [0.05, 0.1) is 36.1 Å². The summed E-state index contributed by atoms with van der Waals surface area (Å²) in [5.41, 5.74) is 0.785. The van der Waals surface area contributed by atoms with Crippen molar-refractivity contribution < 1.29 is 23.8 Å². The number of halogens is 1. The summed E-state index contributed by atoms with van der Waals surface area (Å²) in [7, 11) is 1.59. The van der Waals surface area contributed by atoms with E-state index < -0.39 is 0 Å². The number of benzene rings is 1. The number of nitrogens with zero attached hydrogens (tertiary/aromatic N) is 1. The van der Waals surface area contributed by atoms with Gasteiger partial charge >= 0.3 is 5.97 Å². The Balaban J connectivity index is 2.10. The molecular weight excluding hydrogens is 502 g/mol. The van der Waals surface area contributed by atoms with Crippen LogP contribution in [0.15, 0.2) is 21.5 Å². The first-order valence-electron chi connectivity index (χ1n) is 10.3. The molecule has 0 N–H and O–H groups in total. The molecule has 9 heteroatoms. The Hall–Kier alpha value is -1.58. The van der Waals surface area contributed by atoms with E-state index in [0.29, 0.717) is 33.9 Å². The van der Waals surface area contributed by atoms with E-state index in [1.165, 1.54) is 29.5 Å². The van der Waals surface area contributed by atoms with Gasteiger partial charge in [-0.2, -0.15) is 0 Å². The van der Waals surface area contributed by atoms with Crippen molar-refractivity contribution in [1.29, 1.82) is 0 Å². The monoisotopic (exact) mass is 529 g/mol. The molecule has 0 radical (unpaired) electrons. The number of unbranched alkanes of at least 4 members (excludes halogenated alkanes) is 3. The maximum Gasteiger partial charge on any atom is 0.307 e. The van der Waals surface area contributed by atoms with Crippen molar-refractivity contribution in [3.8, 4) is 11.5 Å². The van der Waals surface area contributed by atoms with Crippen molar-refractivity contribution in [3.05, 3.63) is 27.1 Å². The lowest BCUT2D eigenvalue weighted by molar-refractivity contribution is -0.143. The van der Waals surface area contributed by atoms with Gasteiger partial charge in [0.25, 0.3) is 5.91 Å². The minimum Gasteiger partial charge on any atom is -0.493 e. The molecule has 0 saturated carbocycles. The number of esters is 1. The van der Waals surface area contributed by atoms with Crippen molar-refractivity contribution in [1.82, 2.24) is 4.90 Å². The van der Waals surface area contributed by atoms with Gasteiger partial charge < -0.3 is 14.2 Å². The molecule has 0 spiro atoms. The minimum atomic E-state index is -0.348. The van der Waals surface area contributed by atoms with Gasteiger partial charge in [0.15, 0.2) is 11.5 Å². The van der Waals surface area contributed by atoms with Crippen LogP contribution in [-0.4, -0.2) is 48.0 Å². The number of rotatable bonds is 12. The molecule has 1 aromatic carbocycles. The summed E-state index contributed by atoms with van der Waals surface area (Å²) in [6, 6.07) is 3.71. The fourth-order valence-corrected chi connectivity index (χ4v) is 4.83. The van der Waals surface area contributed by atoms with Crippen molar-refractivity contribution in [2.75, 3.05) is 26.9 Å². The second-order valence-electron chi connectivity index (χ2n) is 6.83. The van der Waals surface area contributed by atoms with E-state index in [9.17, 15) is 9.59 Å². The van der Waals surface area contributed by atoms with Crippen molar-refractivity contribution in [3.63, 3.8) is 0 Å². The Morgan fingerprint density at radius 3 is 2.71 bits per heavy atom. The number of amides is 1. The van der Waals surface area contributed by atoms with Gasteiger partial charge in [-0.3, -0.25) is 14.5 Å². The predicted molar refractivity (Wildman–Crippen MR) is 131 cm³/mol. The van der Waals surface area contributed by atoms with Crippen LogP contribution in [0.3, 0.4) is 0 Å².